The first-order chi connectivity index (χ1) is 10.1. The maximum atomic E-state index is 10.9. The lowest BCUT2D eigenvalue weighted by Crippen LogP contribution is -2.22. The fourth-order valence-electron chi connectivity index (χ4n) is 1.99. The number of aromatic carboxylic acids is 1. The highest BCUT2D eigenvalue weighted by atomic mass is 127. The highest BCUT2D eigenvalue weighted by Crippen LogP contribution is 2.24. The number of halogens is 1. The van der Waals surface area contributed by atoms with Gasteiger partial charge in [0.15, 0.2) is 0 Å². The minimum Gasteiger partial charge on any atom is -0.545 e. The van der Waals surface area contributed by atoms with Crippen LogP contribution in [0.5, 0.6) is 0 Å². The average Bonchev–Trinajstić information content (AvgIpc) is 2.48. The number of carboxylic acids is 1. The number of benzene rings is 2. The molecule has 1 N–H and O–H groups in total. The van der Waals surface area contributed by atoms with Gasteiger partial charge in [0.25, 0.3) is 0 Å². The van der Waals surface area contributed by atoms with Gasteiger partial charge in [0, 0.05) is 14.6 Å². The molecule has 3 rings (SSSR count). The van der Waals surface area contributed by atoms with Crippen molar-refractivity contribution in [1.82, 2.24) is 9.97 Å². The molecule has 0 spiro atoms. The second-order valence-electron chi connectivity index (χ2n) is 4.38. The van der Waals surface area contributed by atoms with Gasteiger partial charge in [-0.15, -0.1) is 0 Å². The third kappa shape index (κ3) is 2.94. The lowest BCUT2D eigenvalue weighted by molar-refractivity contribution is -0.255. The number of hydrogen-bond acceptors (Lipinski definition) is 5. The lowest BCUT2D eigenvalue weighted by Gasteiger charge is -2.10. The zero-order chi connectivity index (χ0) is 14.8. The van der Waals surface area contributed by atoms with E-state index in [0.29, 0.717) is 11.5 Å². The number of carboxylic acid groups (broad SMARTS) is 1. The van der Waals surface area contributed by atoms with Crippen LogP contribution in [0, 0.1) is 3.57 Å². The van der Waals surface area contributed by atoms with Crippen molar-refractivity contribution >= 4 is 51.0 Å². The third-order valence-corrected chi connectivity index (χ3v) is 3.63. The summed E-state index contributed by atoms with van der Waals surface area (Å²) in [6.07, 6.45) is 1.47. The predicted molar refractivity (Wildman–Crippen MR) is 86.3 cm³/mol. The lowest BCUT2D eigenvalue weighted by atomic mass is 10.2. The molecule has 0 saturated carbocycles. The van der Waals surface area contributed by atoms with Crippen LogP contribution in [-0.4, -0.2) is 15.9 Å². The summed E-state index contributed by atoms with van der Waals surface area (Å²) < 4.78 is 1.07. The van der Waals surface area contributed by atoms with Crippen LogP contribution in [0.25, 0.3) is 10.9 Å². The van der Waals surface area contributed by atoms with E-state index in [0.717, 1.165) is 14.5 Å². The first kappa shape index (κ1) is 13.7. The Bertz CT molecular complexity index is 836. The molecule has 0 fully saturated rings. The molecule has 0 aliphatic carbocycles. The van der Waals surface area contributed by atoms with Gasteiger partial charge in [-0.1, -0.05) is 12.1 Å². The van der Waals surface area contributed by atoms with E-state index >= 15 is 0 Å². The van der Waals surface area contributed by atoms with E-state index in [-0.39, 0.29) is 5.56 Å². The van der Waals surface area contributed by atoms with E-state index in [2.05, 4.69) is 37.9 Å². The summed E-state index contributed by atoms with van der Waals surface area (Å²) in [5.41, 5.74) is 1.58. The van der Waals surface area contributed by atoms with Crippen molar-refractivity contribution in [3.63, 3.8) is 0 Å². The second-order valence-corrected chi connectivity index (χ2v) is 5.62. The topological polar surface area (TPSA) is 77.9 Å². The fourth-order valence-corrected chi connectivity index (χ4v) is 2.48. The Labute approximate surface area is 134 Å². The second kappa shape index (κ2) is 5.65. The van der Waals surface area contributed by atoms with E-state index in [4.69, 9.17) is 0 Å². The Kier molecular flexibility index (Phi) is 3.70. The Hall–Kier alpha value is -2.22. The summed E-state index contributed by atoms with van der Waals surface area (Å²) in [6, 6.07) is 12.3. The van der Waals surface area contributed by atoms with Crippen LogP contribution < -0.4 is 10.4 Å². The monoisotopic (exact) mass is 390 g/mol. The van der Waals surface area contributed by atoms with Crippen molar-refractivity contribution in [2.75, 3.05) is 5.32 Å². The summed E-state index contributed by atoms with van der Waals surface area (Å²) >= 11 is 2.22. The number of anilines is 2. The minimum absolute atomic E-state index is 0.118. The Morgan fingerprint density at radius 3 is 2.81 bits per heavy atom. The predicted octanol–water partition coefficient (Wildman–Crippen LogP) is 2.34. The number of carbonyl (C=O) groups is 1. The maximum absolute atomic E-state index is 10.9. The SMILES string of the molecule is O=C([O-])c1cccc(Nc2ncnc3ccc(I)cc23)c1. The molecular formula is C15H9IN3O2-. The van der Waals surface area contributed by atoms with Gasteiger partial charge >= 0.3 is 0 Å². The highest BCUT2D eigenvalue weighted by Gasteiger charge is 2.05. The van der Waals surface area contributed by atoms with Gasteiger partial charge < -0.3 is 15.2 Å². The molecule has 0 radical (unpaired) electrons. The number of fused-ring (bicyclic) bond motifs is 1. The quantitative estimate of drug-likeness (QED) is 0.695. The zero-order valence-corrected chi connectivity index (χ0v) is 12.9. The zero-order valence-electron chi connectivity index (χ0n) is 10.7. The summed E-state index contributed by atoms with van der Waals surface area (Å²) in [5.74, 6) is -0.574. The van der Waals surface area contributed by atoms with Crippen LogP contribution in [0.15, 0.2) is 48.8 Å². The number of rotatable bonds is 3. The smallest absolute Gasteiger partial charge is 0.141 e. The number of nitrogens with one attached hydrogen (secondary N) is 1. The van der Waals surface area contributed by atoms with Gasteiger partial charge in [0.1, 0.15) is 12.1 Å². The fraction of sp³-hybridized carbons (Fsp3) is 0. The Morgan fingerprint density at radius 2 is 2.00 bits per heavy atom. The molecule has 6 heteroatoms. The van der Waals surface area contributed by atoms with E-state index < -0.39 is 5.97 Å². The molecule has 0 aliphatic rings. The number of hydrogen-bond donors (Lipinski definition) is 1. The molecule has 0 amide bonds. The molecule has 5 nitrogen and oxygen atoms in total. The van der Waals surface area contributed by atoms with E-state index in [1.54, 1.807) is 12.1 Å². The molecule has 21 heavy (non-hydrogen) atoms. The van der Waals surface area contributed by atoms with E-state index in [9.17, 15) is 9.90 Å². The van der Waals surface area contributed by atoms with Crippen LogP contribution in [-0.2, 0) is 0 Å². The highest BCUT2D eigenvalue weighted by molar-refractivity contribution is 14.1. The van der Waals surface area contributed by atoms with Crippen molar-refractivity contribution in [2.45, 2.75) is 0 Å². The first-order valence-electron chi connectivity index (χ1n) is 6.12. The Morgan fingerprint density at radius 1 is 1.14 bits per heavy atom. The van der Waals surface area contributed by atoms with Crippen molar-refractivity contribution < 1.29 is 9.90 Å². The van der Waals surface area contributed by atoms with E-state index in [1.807, 2.05) is 18.2 Å². The number of nitrogens with zero attached hydrogens (tertiary/aromatic N) is 2. The molecule has 1 aromatic heterocycles. The van der Waals surface area contributed by atoms with Crippen LogP contribution in [0.4, 0.5) is 11.5 Å². The standard InChI is InChI=1S/C15H10IN3O2/c16-10-4-5-13-12(7-10)14(18-8-17-13)19-11-3-1-2-9(6-11)15(20)21/h1-8H,(H,20,21)(H,17,18,19)/p-1. The summed E-state index contributed by atoms with van der Waals surface area (Å²) in [5, 5.41) is 14.9. The maximum Gasteiger partial charge on any atom is 0.141 e. The minimum atomic E-state index is -1.21. The molecule has 0 atom stereocenters. The number of aromatic nitrogens is 2. The molecule has 0 saturated heterocycles. The van der Waals surface area contributed by atoms with Crippen LogP contribution in [0.1, 0.15) is 10.4 Å². The normalized spacial score (nSPS) is 10.5. The first-order valence-corrected chi connectivity index (χ1v) is 7.20. The van der Waals surface area contributed by atoms with Crippen LogP contribution in [0.2, 0.25) is 0 Å². The Balaban J connectivity index is 2.04. The molecular weight excluding hydrogens is 381 g/mol. The summed E-state index contributed by atoms with van der Waals surface area (Å²) in [6.45, 7) is 0. The molecule has 0 unspecified atom stereocenters. The van der Waals surface area contributed by atoms with Gasteiger partial charge in [-0.3, -0.25) is 0 Å². The van der Waals surface area contributed by atoms with Crippen LogP contribution >= 0.6 is 22.6 Å². The number of carbonyl (C=O) groups excluding carboxylic acids is 1. The largest absolute Gasteiger partial charge is 0.545 e. The van der Waals surface area contributed by atoms with Crippen molar-refractivity contribution in [3.8, 4) is 0 Å². The molecule has 0 aliphatic heterocycles. The van der Waals surface area contributed by atoms with E-state index in [1.165, 1.54) is 18.5 Å². The molecule has 0 bridgehead atoms. The molecule has 1 heterocycles. The van der Waals surface area contributed by atoms with Gasteiger partial charge in [-0.2, -0.15) is 0 Å². The average molecular weight is 390 g/mol. The van der Waals surface area contributed by atoms with Crippen molar-refractivity contribution in [2.24, 2.45) is 0 Å². The summed E-state index contributed by atoms with van der Waals surface area (Å²) in [7, 11) is 0. The van der Waals surface area contributed by atoms with Crippen molar-refractivity contribution in [3.05, 3.63) is 57.9 Å². The van der Waals surface area contributed by atoms with Gasteiger partial charge in [-0.25, -0.2) is 9.97 Å². The van der Waals surface area contributed by atoms with Crippen molar-refractivity contribution in [1.29, 1.82) is 0 Å². The third-order valence-electron chi connectivity index (χ3n) is 2.96. The van der Waals surface area contributed by atoms with Crippen LogP contribution in [0.3, 0.4) is 0 Å². The van der Waals surface area contributed by atoms with Gasteiger partial charge in [-0.05, 0) is 58.5 Å². The molecule has 2 aromatic carbocycles. The molecule has 3 aromatic rings. The summed E-state index contributed by atoms with van der Waals surface area (Å²) in [4.78, 5) is 19.3. The van der Waals surface area contributed by atoms with Gasteiger partial charge in [0.2, 0.25) is 0 Å². The molecule has 104 valence electrons. The van der Waals surface area contributed by atoms with Gasteiger partial charge in [0.05, 0.1) is 11.5 Å².